The molecule has 6 rings (SSSR count). The van der Waals surface area contributed by atoms with Gasteiger partial charge in [-0.3, -0.25) is 24.2 Å². The van der Waals surface area contributed by atoms with Gasteiger partial charge in [-0.05, 0) is 71.1 Å². The number of allylic oxidation sites excluding steroid dienone is 1. The summed E-state index contributed by atoms with van der Waals surface area (Å²) in [6.07, 6.45) is 4.77. The number of carbonyl (C=O) groups excluding carboxylic acids is 3. The molecule has 0 bridgehead atoms. The first kappa shape index (κ1) is 27.8. The maximum absolute atomic E-state index is 16.2. The van der Waals surface area contributed by atoms with Gasteiger partial charge in [-0.2, -0.15) is 0 Å². The zero-order valence-electron chi connectivity index (χ0n) is 23.0. The van der Waals surface area contributed by atoms with Gasteiger partial charge in [-0.1, -0.05) is 6.42 Å². The lowest BCUT2D eigenvalue weighted by Gasteiger charge is -2.56. The van der Waals surface area contributed by atoms with E-state index < -0.39 is 74.8 Å². The van der Waals surface area contributed by atoms with Crippen LogP contribution in [0.25, 0.3) is 0 Å². The van der Waals surface area contributed by atoms with Crippen molar-refractivity contribution in [1.29, 1.82) is 0 Å². The third-order valence-electron chi connectivity index (χ3n) is 10.1. The number of benzene rings is 1. The van der Waals surface area contributed by atoms with Gasteiger partial charge in [0.05, 0.1) is 17.1 Å². The Labute approximate surface area is 235 Å². The number of rotatable bonds is 4. The largest absolute Gasteiger partial charge is 0.510 e. The molecule has 0 aromatic heterocycles. The summed E-state index contributed by atoms with van der Waals surface area (Å²) in [5.74, 6) is -7.64. The molecule has 1 aliphatic heterocycles. The minimum Gasteiger partial charge on any atom is -0.510 e. The molecule has 8 N–H and O–H groups in total. The van der Waals surface area contributed by atoms with Crippen LogP contribution in [0.2, 0.25) is 0 Å². The van der Waals surface area contributed by atoms with Gasteiger partial charge < -0.3 is 31.9 Å². The minimum absolute atomic E-state index is 0.0245. The number of fused-ring (bicyclic) bond motifs is 3. The average molecular weight is 571 g/mol. The first-order valence-electron chi connectivity index (χ1n) is 13.9. The van der Waals surface area contributed by atoms with E-state index in [0.717, 1.165) is 38.6 Å². The normalized spacial score (nSPS) is 32.7. The number of aliphatic hydroxyl groups is 3. The molecule has 2 fully saturated rings. The zero-order valence-corrected chi connectivity index (χ0v) is 23.0. The number of hydrogen-bond acceptors (Lipinski definition) is 10. The Bertz CT molecular complexity index is 1480. The molecule has 1 amide bonds. The van der Waals surface area contributed by atoms with E-state index in [1.54, 1.807) is 0 Å². The number of halogens is 1. The van der Waals surface area contributed by atoms with E-state index in [1.165, 1.54) is 25.1 Å². The van der Waals surface area contributed by atoms with Gasteiger partial charge in [-0.25, -0.2) is 4.39 Å². The fourth-order valence-electron chi connectivity index (χ4n) is 8.00. The Morgan fingerprint density at radius 1 is 1.17 bits per heavy atom. The van der Waals surface area contributed by atoms with Crippen molar-refractivity contribution in [2.24, 2.45) is 17.4 Å². The maximum Gasteiger partial charge on any atom is 0.255 e. The van der Waals surface area contributed by atoms with Gasteiger partial charge in [0, 0.05) is 28.8 Å². The van der Waals surface area contributed by atoms with Crippen molar-refractivity contribution >= 4 is 17.5 Å². The van der Waals surface area contributed by atoms with Gasteiger partial charge in [0.25, 0.3) is 5.91 Å². The van der Waals surface area contributed by atoms with E-state index in [1.807, 2.05) is 0 Å². The molecule has 41 heavy (non-hydrogen) atoms. The molecular weight excluding hydrogens is 535 g/mol. The number of nitrogens with zero attached hydrogens (tertiary/aromatic N) is 2. The fraction of sp³-hybridized carbons (Fsp3) is 0.552. The predicted octanol–water partition coefficient (Wildman–Crippen LogP) is 0.860. The Morgan fingerprint density at radius 3 is 2.46 bits per heavy atom. The number of aromatic hydroxyl groups is 1. The van der Waals surface area contributed by atoms with Crippen LogP contribution in [0.4, 0.5) is 4.39 Å². The molecule has 1 saturated carbocycles. The third-order valence-corrected chi connectivity index (χ3v) is 10.1. The number of likely N-dealkylation sites (tertiary alicyclic amines) is 1. The molecule has 1 aromatic carbocycles. The summed E-state index contributed by atoms with van der Waals surface area (Å²) in [6, 6.07) is -0.134. The summed E-state index contributed by atoms with van der Waals surface area (Å²) in [5.41, 5.74) is 5.54. The Balaban J connectivity index is 1.47. The van der Waals surface area contributed by atoms with Crippen molar-refractivity contribution in [2.45, 2.75) is 74.2 Å². The third kappa shape index (κ3) is 3.54. The van der Waals surface area contributed by atoms with Gasteiger partial charge in [0.2, 0.25) is 11.4 Å². The lowest BCUT2D eigenvalue weighted by atomic mass is 9.54. The summed E-state index contributed by atoms with van der Waals surface area (Å²) in [4.78, 5) is 43.0. The number of nitrogens with two attached hydrogens (primary N) is 2. The molecule has 4 aliphatic carbocycles. The fourth-order valence-corrected chi connectivity index (χ4v) is 8.00. The van der Waals surface area contributed by atoms with Gasteiger partial charge in [0.1, 0.15) is 28.7 Å². The van der Waals surface area contributed by atoms with Crippen LogP contribution in [-0.4, -0.2) is 91.1 Å². The molecular formula is C29H35FN4O7. The van der Waals surface area contributed by atoms with E-state index in [4.69, 9.17) is 11.5 Å². The SMILES string of the molecule is CN(C)[C@@H]1C(O)=C(C(N)=O)C(=O)[C@@]2(O)C(O)=C3C(=O)c4c(O)cc(CN5CCCCC56CC6)c(F)c4CC3C[C@@]12N. The summed E-state index contributed by atoms with van der Waals surface area (Å²) >= 11 is 0. The molecule has 220 valence electrons. The van der Waals surface area contributed by atoms with E-state index >= 15 is 4.39 Å². The van der Waals surface area contributed by atoms with Gasteiger partial charge >= 0.3 is 0 Å². The van der Waals surface area contributed by atoms with Crippen LogP contribution in [0.15, 0.2) is 28.7 Å². The van der Waals surface area contributed by atoms with Crippen molar-refractivity contribution < 1.29 is 39.2 Å². The van der Waals surface area contributed by atoms with Crippen LogP contribution in [0.1, 0.15) is 60.0 Å². The molecule has 1 aromatic rings. The first-order chi connectivity index (χ1) is 19.2. The minimum atomic E-state index is -3.00. The van der Waals surface area contributed by atoms with E-state index in [9.17, 15) is 34.8 Å². The van der Waals surface area contributed by atoms with Crippen LogP contribution in [-0.2, 0) is 22.6 Å². The number of ketones is 2. The average Bonchev–Trinajstić information content (AvgIpc) is 3.65. The highest BCUT2D eigenvalue weighted by molar-refractivity contribution is 6.25. The van der Waals surface area contributed by atoms with E-state index in [2.05, 4.69) is 4.90 Å². The Hall–Kier alpha value is -3.32. The first-order valence-corrected chi connectivity index (χ1v) is 13.9. The van der Waals surface area contributed by atoms with E-state index in [-0.39, 0.29) is 41.6 Å². The van der Waals surface area contributed by atoms with Gasteiger partial charge in [-0.15, -0.1) is 0 Å². The van der Waals surface area contributed by atoms with E-state index in [0.29, 0.717) is 0 Å². The summed E-state index contributed by atoms with van der Waals surface area (Å²) < 4.78 is 16.2. The predicted molar refractivity (Wildman–Crippen MR) is 143 cm³/mol. The maximum atomic E-state index is 16.2. The number of Topliss-reactive ketones (excluding diaryl/α,β-unsaturated/α-hetero) is 2. The monoisotopic (exact) mass is 570 g/mol. The molecule has 0 radical (unpaired) electrons. The number of phenols is 1. The molecule has 4 atom stereocenters. The molecule has 11 nitrogen and oxygen atoms in total. The van der Waals surface area contributed by atoms with Crippen molar-refractivity contribution in [2.75, 3.05) is 20.6 Å². The highest BCUT2D eigenvalue weighted by atomic mass is 19.1. The standard InChI is InChI=1S/C29H35FN4O7/c1-33(2)23-22(37)19(26(31)40)25(39)29(41)24(38)17-13(11-28(23,29)32)9-15-18(21(17)36)16(35)10-14(20(15)30)12-34-8-4-3-5-27(34)6-7-27/h10,13,23,35,37-38,41H,3-9,11-12,32H2,1-2H3,(H2,31,40)/t13?,23-,28-,29+/m1/s1. The second-order valence-corrected chi connectivity index (χ2v) is 12.6. The quantitative estimate of drug-likeness (QED) is 0.283. The number of carbonyl (C=O) groups is 3. The van der Waals surface area contributed by atoms with Crippen molar-refractivity contribution in [3.8, 4) is 5.75 Å². The Morgan fingerprint density at radius 2 is 1.85 bits per heavy atom. The molecule has 1 saturated heterocycles. The van der Waals surface area contributed by atoms with Crippen LogP contribution >= 0.6 is 0 Å². The highest BCUT2D eigenvalue weighted by Crippen LogP contribution is 2.54. The number of piperidine rings is 1. The molecule has 1 heterocycles. The summed E-state index contributed by atoms with van der Waals surface area (Å²) in [5, 5.41) is 45.1. The Kier molecular flexibility index (Phi) is 6.00. The van der Waals surface area contributed by atoms with Crippen molar-refractivity contribution in [3.63, 3.8) is 0 Å². The lowest BCUT2D eigenvalue weighted by Crippen LogP contribution is -2.79. The second kappa shape index (κ2) is 8.84. The smallest absolute Gasteiger partial charge is 0.255 e. The van der Waals surface area contributed by atoms with Crippen LogP contribution in [0.3, 0.4) is 0 Å². The topological polar surface area (TPSA) is 191 Å². The van der Waals surface area contributed by atoms with Crippen molar-refractivity contribution in [3.05, 3.63) is 51.2 Å². The molecule has 5 aliphatic rings. The number of likely N-dealkylation sites (N-methyl/N-ethyl adjacent to an activating group) is 1. The number of primary amides is 1. The number of aliphatic hydroxyl groups excluding tert-OH is 2. The zero-order chi connectivity index (χ0) is 29.8. The lowest BCUT2D eigenvalue weighted by molar-refractivity contribution is -0.152. The number of phenolic OH excluding ortho intramolecular Hbond substituents is 1. The van der Waals surface area contributed by atoms with Crippen LogP contribution in [0, 0.1) is 11.7 Å². The molecule has 1 unspecified atom stereocenters. The molecule has 1 spiro atoms. The highest BCUT2D eigenvalue weighted by Gasteiger charge is 2.70. The number of amides is 1. The molecule has 12 heteroatoms. The second-order valence-electron chi connectivity index (χ2n) is 12.6. The summed E-state index contributed by atoms with van der Waals surface area (Å²) in [7, 11) is 2.97. The van der Waals surface area contributed by atoms with Gasteiger partial charge in [0.15, 0.2) is 5.78 Å². The van der Waals surface area contributed by atoms with Crippen LogP contribution in [0.5, 0.6) is 5.75 Å². The van der Waals surface area contributed by atoms with Crippen molar-refractivity contribution in [1.82, 2.24) is 9.80 Å². The number of hydrogen-bond donors (Lipinski definition) is 6. The summed E-state index contributed by atoms with van der Waals surface area (Å²) in [6.45, 7) is 1.10. The van der Waals surface area contributed by atoms with Crippen LogP contribution < -0.4 is 11.5 Å².